The fourth-order valence-corrected chi connectivity index (χ4v) is 16.1. The highest BCUT2D eigenvalue weighted by Crippen LogP contribution is 2.35. The van der Waals surface area contributed by atoms with Crippen LogP contribution in [0.15, 0.2) is 183 Å². The van der Waals surface area contributed by atoms with E-state index in [1.165, 1.54) is 34.8 Å². The lowest BCUT2D eigenvalue weighted by molar-refractivity contribution is -0.135. The highest BCUT2D eigenvalue weighted by molar-refractivity contribution is 7.12. The van der Waals surface area contributed by atoms with Crippen molar-refractivity contribution in [3.63, 3.8) is 0 Å². The molecule has 0 radical (unpaired) electrons. The molecular weight excluding hydrogens is 1330 g/mol. The number of halogens is 1. The third-order valence-electron chi connectivity index (χ3n) is 20.0. The Morgan fingerprint density at radius 2 is 0.913 bits per heavy atom. The number of amides is 3. The number of thiophene rings is 2. The Bertz CT molecular complexity index is 5310. The summed E-state index contributed by atoms with van der Waals surface area (Å²) < 4.78 is 18.4. The number of para-hydroxylation sites is 2. The number of hydrogen-bond donors (Lipinski definition) is 0. The van der Waals surface area contributed by atoms with Crippen molar-refractivity contribution in [1.29, 1.82) is 15.8 Å². The molecule has 5 aromatic heterocycles. The number of aryl methyl sites for hydroxylation is 1. The summed E-state index contributed by atoms with van der Waals surface area (Å²) in [5, 5.41) is 38.8. The number of aromatic nitrogens is 3. The zero-order valence-electron chi connectivity index (χ0n) is 57.8. The average Bonchev–Trinajstić information content (AvgIpc) is 0.942. The van der Waals surface area contributed by atoms with E-state index in [0.29, 0.717) is 115 Å². The molecule has 0 N–H and O–H groups in total. The van der Waals surface area contributed by atoms with E-state index in [-0.39, 0.29) is 69.4 Å². The summed E-state index contributed by atoms with van der Waals surface area (Å²) in [6.07, 6.45) is 4.22. The molecule has 0 bridgehead atoms. The highest BCUT2D eigenvalue weighted by atomic mass is 32.1. The lowest BCUT2D eigenvalue weighted by Crippen LogP contribution is -2.50. The van der Waals surface area contributed by atoms with Gasteiger partial charge in [-0.05, 0) is 121 Å². The maximum Gasteiger partial charge on any atom is 0.271 e. The monoisotopic (exact) mass is 1410 g/mol. The number of carbonyl (C=O) groups excluding carboxylic acids is 3. The maximum absolute atomic E-state index is 13.7. The topological polar surface area (TPSA) is 211 Å². The third-order valence-corrected chi connectivity index (χ3v) is 21.8. The molecule has 3 saturated heterocycles. The number of nitrogens with zero attached hydrogens (tertiary/aromatic N) is 13. The Morgan fingerprint density at radius 3 is 1.40 bits per heavy atom. The lowest BCUT2D eigenvalue weighted by atomic mass is 10.0. The van der Waals surface area contributed by atoms with E-state index in [0.717, 1.165) is 95.6 Å². The minimum Gasteiger partial charge on any atom is -0.366 e. The zero-order valence-corrected chi connectivity index (χ0v) is 59.5. The molecule has 1 saturated carbocycles. The molecule has 19 nitrogen and oxygen atoms in total. The van der Waals surface area contributed by atoms with Gasteiger partial charge >= 0.3 is 0 Å². The molecule has 522 valence electrons. The molecule has 15 rings (SSSR count). The maximum atomic E-state index is 13.7. The number of anilines is 3. The van der Waals surface area contributed by atoms with Gasteiger partial charge in [0.05, 0.1) is 56.5 Å². The number of likely N-dealkylation sites (N-methyl/N-ethyl adjacent to an activating group) is 1. The van der Waals surface area contributed by atoms with Crippen LogP contribution in [0.2, 0.25) is 0 Å². The fourth-order valence-electron chi connectivity index (χ4n) is 14.7. The van der Waals surface area contributed by atoms with Gasteiger partial charge in [-0.15, -0.1) is 22.7 Å². The third kappa shape index (κ3) is 14.8. The Morgan fingerprint density at radius 1 is 0.476 bits per heavy atom. The molecule has 4 fully saturated rings. The van der Waals surface area contributed by atoms with Crippen molar-refractivity contribution in [3.05, 3.63) is 248 Å². The minimum absolute atomic E-state index is 0.0332. The highest BCUT2D eigenvalue weighted by Gasteiger charge is 2.33. The van der Waals surface area contributed by atoms with Gasteiger partial charge in [-0.3, -0.25) is 28.8 Å². The van der Waals surface area contributed by atoms with E-state index < -0.39 is 0 Å². The first-order valence-electron chi connectivity index (χ1n) is 34.9. The number of nitriles is 3. The molecular formula is C81H78FN13O6S2. The quantitative estimate of drug-likeness (QED) is 0.105. The first kappa shape index (κ1) is 70.2. The van der Waals surface area contributed by atoms with Crippen molar-refractivity contribution in [2.45, 2.75) is 52.2 Å². The van der Waals surface area contributed by atoms with Crippen LogP contribution < -0.4 is 31.4 Å². The number of fused-ring (bicyclic) bond motifs is 4. The second kappa shape index (κ2) is 31.3. The van der Waals surface area contributed by atoms with Crippen molar-refractivity contribution in [1.82, 2.24) is 33.3 Å². The molecule has 0 atom stereocenters. The number of piperazine rings is 3. The van der Waals surface area contributed by atoms with Crippen molar-refractivity contribution in [3.8, 4) is 18.2 Å². The SMILES string of the molecule is Cc1ccc2c(c1)c(N1CCN(C(=O)c3cccs3)CC1)c(C#N)c(=O)n2CCN(C)C.N#Cc1c(N2CCN(C(=O)C3CCCC3)CC2)c2ccccc2n(Cc2ccc(F)cc2)c1=O.N#Cc1c(N2CCN(C(=O)c3cccs3)CC2)c2ccccc2n(Cc2ccc3ccccc3c2)c1=O. The predicted octanol–water partition coefficient (Wildman–Crippen LogP) is 11.8. The summed E-state index contributed by atoms with van der Waals surface area (Å²) in [6.45, 7) is 10.7. The van der Waals surface area contributed by atoms with Crippen molar-refractivity contribution >= 4 is 101 Å². The summed E-state index contributed by atoms with van der Waals surface area (Å²) in [4.78, 5) is 94.3. The van der Waals surface area contributed by atoms with Crippen LogP contribution in [0.3, 0.4) is 0 Å². The van der Waals surface area contributed by atoms with Crippen LogP contribution in [0.1, 0.15) is 78.4 Å². The molecule has 103 heavy (non-hydrogen) atoms. The minimum atomic E-state index is -0.356. The number of carbonyl (C=O) groups is 3. The molecule has 0 spiro atoms. The van der Waals surface area contributed by atoms with E-state index in [1.54, 1.807) is 25.8 Å². The van der Waals surface area contributed by atoms with Gasteiger partial charge in [-0.2, -0.15) is 15.8 Å². The average molecular weight is 1410 g/mol. The number of benzene rings is 6. The summed E-state index contributed by atoms with van der Waals surface area (Å²) in [7, 11) is 3.93. The molecule has 8 heterocycles. The Labute approximate surface area is 604 Å². The Balaban J connectivity index is 0.000000138. The van der Waals surface area contributed by atoms with E-state index in [4.69, 9.17) is 0 Å². The van der Waals surface area contributed by atoms with Crippen LogP contribution in [-0.4, -0.2) is 150 Å². The first-order valence-corrected chi connectivity index (χ1v) is 36.6. The van der Waals surface area contributed by atoms with Gasteiger partial charge in [0.1, 0.15) is 40.7 Å². The molecule has 4 aliphatic rings. The first-order chi connectivity index (χ1) is 50.1. The van der Waals surface area contributed by atoms with E-state index in [2.05, 4.69) is 63.2 Å². The summed E-state index contributed by atoms with van der Waals surface area (Å²) in [5.74, 6) is 0.139. The van der Waals surface area contributed by atoms with Gasteiger partial charge in [-0.1, -0.05) is 122 Å². The van der Waals surface area contributed by atoms with Crippen LogP contribution >= 0.6 is 22.7 Å². The standard InChI is InChI=1S/C30H24N4O2S.C27H27FN4O2.C24H27N5O2S/c31-19-25-28(32-13-15-33(16-14-32)30(36)27-10-5-17-37-27)24-8-3-4-9-26(24)34(29(25)35)20-21-11-12-22-6-1-2-7-23(22)18-21;28-21-11-9-19(10-12-21)18-32-24-8-4-3-7-22(24)25(23(17-29)27(32)34)30-13-15-31(16-14-30)26(33)20-5-1-2-6-20;1-17-6-7-20-18(15-17)22(19(16-25)23(30)29(20)13-8-26(2)3)27-9-11-28(12-10-27)24(31)21-5-4-14-32-21/h1-12,17-18H,13-16,20H2;3-4,7-12,20H,1-2,5-6,13-16,18H2;4-7,14-15H,8-13H2,1-3H3. The second-order valence-corrected chi connectivity index (χ2v) is 28.6. The molecule has 22 heteroatoms. The predicted molar refractivity (Wildman–Crippen MR) is 406 cm³/mol. The van der Waals surface area contributed by atoms with Gasteiger partial charge in [0.2, 0.25) is 5.91 Å². The molecule has 0 unspecified atom stereocenters. The zero-order chi connectivity index (χ0) is 71.8. The number of pyridine rings is 3. The van der Waals surface area contributed by atoms with Gasteiger partial charge in [-0.25, -0.2) is 4.39 Å². The van der Waals surface area contributed by atoms with E-state index >= 15 is 0 Å². The van der Waals surface area contributed by atoms with Gasteiger partial charge in [0.15, 0.2) is 0 Å². The van der Waals surface area contributed by atoms with Gasteiger partial charge < -0.3 is 48.0 Å². The van der Waals surface area contributed by atoms with Crippen LogP contribution in [0.5, 0.6) is 0 Å². The van der Waals surface area contributed by atoms with Crippen LogP contribution in [-0.2, 0) is 24.4 Å². The second-order valence-electron chi connectivity index (χ2n) is 26.7. The summed E-state index contributed by atoms with van der Waals surface area (Å²) in [6, 6.07) is 55.8. The molecule has 3 amide bonds. The molecule has 6 aromatic carbocycles. The van der Waals surface area contributed by atoms with Crippen LogP contribution in [0.4, 0.5) is 21.5 Å². The fraction of sp³-hybridized carbons (Fsp3) is 0.296. The summed E-state index contributed by atoms with van der Waals surface area (Å²) >= 11 is 2.89. The van der Waals surface area contributed by atoms with Gasteiger partial charge in [0, 0.05) is 114 Å². The van der Waals surface area contributed by atoms with Crippen molar-refractivity contribution in [2.75, 3.05) is 114 Å². The molecule has 11 aromatic rings. The van der Waals surface area contributed by atoms with Crippen LogP contribution in [0, 0.1) is 52.7 Å². The molecule has 1 aliphatic carbocycles. The van der Waals surface area contributed by atoms with Gasteiger partial charge in [0.25, 0.3) is 28.5 Å². The lowest BCUT2D eigenvalue weighted by Gasteiger charge is -2.38. The van der Waals surface area contributed by atoms with E-state index in [1.807, 2.05) is 155 Å². The number of rotatable bonds is 13. The van der Waals surface area contributed by atoms with Crippen molar-refractivity contribution < 1.29 is 18.8 Å². The number of hydrogen-bond acceptors (Lipinski definition) is 15. The van der Waals surface area contributed by atoms with Crippen LogP contribution in [0.25, 0.3) is 43.5 Å². The smallest absolute Gasteiger partial charge is 0.271 e. The Kier molecular flexibility index (Phi) is 21.4. The van der Waals surface area contributed by atoms with Crippen molar-refractivity contribution in [2.24, 2.45) is 5.92 Å². The molecule has 3 aliphatic heterocycles. The summed E-state index contributed by atoms with van der Waals surface area (Å²) in [5.41, 5.74) is 6.78. The largest absolute Gasteiger partial charge is 0.366 e. The Hall–Kier alpha value is -11.2. The van der Waals surface area contributed by atoms with E-state index in [9.17, 15) is 48.9 Å². The normalized spacial score (nSPS) is 14.9.